The molecule has 0 bridgehead atoms. The fourth-order valence-electron chi connectivity index (χ4n) is 3.09. The molecule has 0 spiro atoms. The first-order valence-electron chi connectivity index (χ1n) is 7.39. The summed E-state index contributed by atoms with van der Waals surface area (Å²) in [5.41, 5.74) is 2.44. The smallest absolute Gasteiger partial charge is 0.190 e. The van der Waals surface area contributed by atoms with Crippen LogP contribution in [-0.4, -0.2) is 16.9 Å². The molecule has 0 radical (unpaired) electrons. The molecule has 21 heavy (non-hydrogen) atoms. The van der Waals surface area contributed by atoms with Crippen LogP contribution >= 0.6 is 11.3 Å². The molecule has 3 heterocycles. The highest BCUT2D eigenvalue weighted by molar-refractivity contribution is 7.12. The Bertz CT molecular complexity index is 678. The van der Waals surface area contributed by atoms with Crippen LogP contribution in [0.1, 0.15) is 36.8 Å². The zero-order chi connectivity index (χ0) is 14.4. The zero-order valence-electron chi connectivity index (χ0n) is 12.2. The Kier molecular flexibility index (Phi) is 3.00. The van der Waals surface area contributed by atoms with Crippen LogP contribution in [0.2, 0.25) is 0 Å². The van der Waals surface area contributed by atoms with E-state index in [-0.39, 0.29) is 6.23 Å². The van der Waals surface area contributed by atoms with Gasteiger partial charge in [-0.05, 0) is 17.5 Å². The molecule has 108 valence electrons. The molecule has 0 saturated carbocycles. The third-order valence-corrected chi connectivity index (χ3v) is 5.02. The van der Waals surface area contributed by atoms with Crippen molar-refractivity contribution in [1.29, 1.82) is 0 Å². The Balaban J connectivity index is 1.76. The average Bonchev–Trinajstić information content (AvgIpc) is 3.15. The van der Waals surface area contributed by atoms with Crippen LogP contribution in [0.4, 0.5) is 0 Å². The second kappa shape index (κ2) is 4.88. The summed E-state index contributed by atoms with van der Waals surface area (Å²) in [6, 6.07) is 12.9. The number of nitrogens with zero attached hydrogens (tertiary/aromatic N) is 2. The van der Waals surface area contributed by atoms with Crippen molar-refractivity contribution >= 4 is 17.0 Å². The Morgan fingerprint density at radius 1 is 1.24 bits per heavy atom. The number of rotatable bonds is 2. The lowest BCUT2D eigenvalue weighted by molar-refractivity contribution is -0.0461. The van der Waals surface area contributed by atoms with E-state index >= 15 is 0 Å². The number of fused-ring (bicyclic) bond motifs is 3. The van der Waals surface area contributed by atoms with Gasteiger partial charge in [-0.3, -0.25) is 0 Å². The summed E-state index contributed by atoms with van der Waals surface area (Å²) in [6.45, 7) is 4.38. The maximum absolute atomic E-state index is 6.20. The summed E-state index contributed by atoms with van der Waals surface area (Å²) in [4.78, 5) is 1.27. The first kappa shape index (κ1) is 12.9. The molecule has 0 saturated heterocycles. The van der Waals surface area contributed by atoms with Crippen molar-refractivity contribution in [1.82, 2.24) is 5.01 Å². The molecule has 0 fully saturated rings. The van der Waals surface area contributed by atoms with Gasteiger partial charge in [0, 0.05) is 17.9 Å². The maximum atomic E-state index is 6.20. The third kappa shape index (κ3) is 2.05. The molecule has 2 aliphatic rings. The Morgan fingerprint density at radius 2 is 2.10 bits per heavy atom. The van der Waals surface area contributed by atoms with Gasteiger partial charge in [-0.25, -0.2) is 5.01 Å². The van der Waals surface area contributed by atoms with Gasteiger partial charge in [-0.1, -0.05) is 38.1 Å². The van der Waals surface area contributed by atoms with E-state index in [0.29, 0.717) is 12.0 Å². The summed E-state index contributed by atoms with van der Waals surface area (Å²) in [5, 5.41) is 9.17. The van der Waals surface area contributed by atoms with E-state index in [2.05, 4.69) is 54.6 Å². The predicted octanol–water partition coefficient (Wildman–Crippen LogP) is 4.27. The van der Waals surface area contributed by atoms with E-state index in [1.54, 1.807) is 11.3 Å². The number of hydrogen-bond acceptors (Lipinski definition) is 4. The summed E-state index contributed by atoms with van der Waals surface area (Å²) in [6.07, 6.45) is 0.978. The van der Waals surface area contributed by atoms with Crippen LogP contribution < -0.4 is 4.74 Å². The minimum atomic E-state index is 0.0161. The molecule has 0 unspecified atom stereocenters. The van der Waals surface area contributed by atoms with Crippen molar-refractivity contribution in [2.24, 2.45) is 11.0 Å². The lowest BCUT2D eigenvalue weighted by atomic mass is 9.97. The molecule has 1 aromatic heterocycles. The fraction of sp³-hybridized carbons (Fsp3) is 0.353. The summed E-state index contributed by atoms with van der Waals surface area (Å²) >= 11 is 1.76. The van der Waals surface area contributed by atoms with Crippen LogP contribution in [-0.2, 0) is 0 Å². The molecule has 3 nitrogen and oxygen atoms in total. The number of hydrazone groups is 1. The fourth-order valence-corrected chi connectivity index (χ4v) is 3.82. The van der Waals surface area contributed by atoms with Gasteiger partial charge in [0.05, 0.1) is 16.6 Å². The van der Waals surface area contributed by atoms with Gasteiger partial charge in [0.1, 0.15) is 5.75 Å². The largest absolute Gasteiger partial charge is 0.468 e. The monoisotopic (exact) mass is 298 g/mol. The normalized spacial score (nSPS) is 23.6. The van der Waals surface area contributed by atoms with Crippen LogP contribution in [0.3, 0.4) is 0 Å². The molecular formula is C17H18N2OS. The van der Waals surface area contributed by atoms with Crippen molar-refractivity contribution < 1.29 is 4.74 Å². The van der Waals surface area contributed by atoms with Crippen molar-refractivity contribution in [3.63, 3.8) is 0 Å². The van der Waals surface area contributed by atoms with Crippen molar-refractivity contribution in [2.45, 2.75) is 32.5 Å². The number of ether oxygens (including phenoxy) is 1. The van der Waals surface area contributed by atoms with Gasteiger partial charge in [-0.15, -0.1) is 11.3 Å². The lowest BCUT2D eigenvalue weighted by Crippen LogP contribution is -2.43. The first-order valence-corrected chi connectivity index (χ1v) is 8.27. The van der Waals surface area contributed by atoms with Gasteiger partial charge in [-0.2, -0.15) is 5.10 Å². The SMILES string of the molecule is CC(C)[C@@H]1Oc2ccccc2[C@H]2CC(c3cccs3)=NN21. The summed E-state index contributed by atoms with van der Waals surface area (Å²) in [7, 11) is 0. The summed E-state index contributed by atoms with van der Waals surface area (Å²) in [5.74, 6) is 1.41. The molecule has 4 heteroatoms. The van der Waals surface area contributed by atoms with Crippen LogP contribution in [0, 0.1) is 5.92 Å². The predicted molar refractivity (Wildman–Crippen MR) is 85.7 cm³/mol. The maximum Gasteiger partial charge on any atom is 0.190 e. The van der Waals surface area contributed by atoms with Crippen LogP contribution in [0.5, 0.6) is 5.75 Å². The minimum absolute atomic E-state index is 0.0161. The van der Waals surface area contributed by atoms with E-state index in [1.165, 1.54) is 16.2 Å². The van der Waals surface area contributed by atoms with Gasteiger partial charge in [0.2, 0.25) is 0 Å². The molecular weight excluding hydrogens is 280 g/mol. The number of para-hydroxylation sites is 1. The van der Waals surface area contributed by atoms with Gasteiger partial charge < -0.3 is 4.74 Å². The van der Waals surface area contributed by atoms with E-state index in [1.807, 2.05) is 6.07 Å². The Hall–Kier alpha value is -1.81. The molecule has 2 aromatic rings. The highest BCUT2D eigenvalue weighted by Crippen LogP contribution is 2.44. The second-order valence-electron chi connectivity index (χ2n) is 5.91. The molecule has 0 N–H and O–H groups in total. The average molecular weight is 298 g/mol. The molecule has 0 aliphatic carbocycles. The highest BCUT2D eigenvalue weighted by atomic mass is 32.1. The van der Waals surface area contributed by atoms with Gasteiger partial charge >= 0.3 is 0 Å². The highest BCUT2D eigenvalue weighted by Gasteiger charge is 2.41. The third-order valence-electron chi connectivity index (χ3n) is 4.10. The van der Waals surface area contributed by atoms with Crippen molar-refractivity contribution in [3.8, 4) is 5.75 Å². The quantitative estimate of drug-likeness (QED) is 0.827. The summed E-state index contributed by atoms with van der Waals surface area (Å²) < 4.78 is 6.20. The van der Waals surface area contributed by atoms with E-state index in [9.17, 15) is 0 Å². The molecule has 1 aromatic carbocycles. The minimum Gasteiger partial charge on any atom is -0.468 e. The van der Waals surface area contributed by atoms with Crippen molar-refractivity contribution in [2.75, 3.05) is 0 Å². The molecule has 0 amide bonds. The van der Waals surface area contributed by atoms with E-state index < -0.39 is 0 Å². The molecule has 2 aliphatic heterocycles. The standard InChI is InChI=1S/C17H18N2OS/c1-11(2)17-19-14(12-6-3-4-7-15(12)20-17)10-13(18-19)16-8-5-9-21-16/h3-9,11,14,17H,10H2,1-2H3/t14-,17+/m1/s1. The Morgan fingerprint density at radius 3 is 2.86 bits per heavy atom. The zero-order valence-corrected chi connectivity index (χ0v) is 13.0. The molecule has 4 rings (SSSR count). The Labute approximate surface area is 128 Å². The number of thiophene rings is 1. The number of hydrogen-bond donors (Lipinski definition) is 0. The second-order valence-corrected chi connectivity index (χ2v) is 6.86. The lowest BCUT2D eigenvalue weighted by Gasteiger charge is -2.39. The molecule has 2 atom stereocenters. The van der Waals surface area contributed by atoms with Crippen molar-refractivity contribution in [3.05, 3.63) is 52.2 Å². The van der Waals surface area contributed by atoms with E-state index in [4.69, 9.17) is 9.84 Å². The number of benzene rings is 1. The van der Waals surface area contributed by atoms with Crippen LogP contribution in [0.15, 0.2) is 46.9 Å². The van der Waals surface area contributed by atoms with Gasteiger partial charge in [0.15, 0.2) is 6.23 Å². The van der Waals surface area contributed by atoms with Gasteiger partial charge in [0.25, 0.3) is 0 Å². The first-order chi connectivity index (χ1) is 10.2. The van der Waals surface area contributed by atoms with E-state index in [0.717, 1.165) is 12.2 Å². The topological polar surface area (TPSA) is 24.8 Å². The van der Waals surface area contributed by atoms with Crippen LogP contribution in [0.25, 0.3) is 0 Å².